The van der Waals surface area contributed by atoms with E-state index in [0.717, 1.165) is 25.0 Å². The number of ether oxygens (including phenoxy) is 2. The Morgan fingerprint density at radius 1 is 1.19 bits per heavy atom. The molecule has 0 spiro atoms. The minimum absolute atomic E-state index is 0.0387. The molecule has 1 aliphatic carbocycles. The van der Waals surface area contributed by atoms with Gasteiger partial charge in [0.15, 0.2) is 17.3 Å². The van der Waals surface area contributed by atoms with Crippen molar-refractivity contribution in [2.75, 3.05) is 20.8 Å². The molecular formula is C27H23Cl2FN2O5. The molecule has 0 atom stereocenters. The molecule has 5 rings (SSSR count). The second-order valence-electron chi connectivity index (χ2n) is 9.12. The molecule has 192 valence electrons. The van der Waals surface area contributed by atoms with Gasteiger partial charge < -0.3 is 24.3 Å². The Bertz CT molecular complexity index is 1550. The van der Waals surface area contributed by atoms with Crippen molar-refractivity contribution in [1.82, 2.24) is 9.55 Å². The number of carboxylic acids is 1. The Balaban J connectivity index is 1.95. The third kappa shape index (κ3) is 4.09. The zero-order chi connectivity index (χ0) is 26.5. The highest BCUT2D eigenvalue weighted by atomic mass is 35.5. The summed E-state index contributed by atoms with van der Waals surface area (Å²) in [7, 11) is 3.02. The van der Waals surface area contributed by atoms with Crippen LogP contribution < -0.4 is 4.74 Å². The molecule has 1 fully saturated rings. The summed E-state index contributed by atoms with van der Waals surface area (Å²) in [5.41, 5.74) is 2.36. The molecule has 0 radical (unpaired) electrons. The highest BCUT2D eigenvalue weighted by Crippen LogP contribution is 2.53. The molecule has 0 bridgehead atoms. The lowest BCUT2D eigenvalue weighted by molar-refractivity contribution is 0.0690. The van der Waals surface area contributed by atoms with Crippen LogP contribution in [0, 0.1) is 5.82 Å². The smallest absolute Gasteiger partial charge is 0.356 e. The number of hydrogen-bond acceptors (Lipinski definition) is 5. The molecule has 1 saturated carbocycles. The van der Waals surface area contributed by atoms with Crippen LogP contribution in [-0.4, -0.2) is 46.6 Å². The monoisotopic (exact) mass is 544 g/mol. The maximum Gasteiger partial charge on any atom is 0.356 e. The zero-order valence-corrected chi connectivity index (χ0v) is 21.5. The average molecular weight is 545 g/mol. The van der Waals surface area contributed by atoms with E-state index in [0.29, 0.717) is 39.3 Å². The van der Waals surface area contributed by atoms with Gasteiger partial charge in [-0.05, 0) is 43.2 Å². The Labute approximate surface area is 222 Å². The fourth-order valence-electron chi connectivity index (χ4n) is 5.26. The number of fused-ring (bicyclic) bond motifs is 1. The van der Waals surface area contributed by atoms with Gasteiger partial charge in [0.2, 0.25) is 0 Å². The summed E-state index contributed by atoms with van der Waals surface area (Å²) in [5.74, 6) is -1.78. The lowest BCUT2D eigenvalue weighted by Crippen LogP contribution is -2.41. The third-order valence-electron chi connectivity index (χ3n) is 6.97. The minimum Gasteiger partial charge on any atom is -0.507 e. The van der Waals surface area contributed by atoms with Crippen molar-refractivity contribution < 1.29 is 28.9 Å². The van der Waals surface area contributed by atoms with Gasteiger partial charge in [-0.25, -0.2) is 14.2 Å². The van der Waals surface area contributed by atoms with Crippen LogP contribution in [0.5, 0.6) is 11.5 Å². The number of aromatic nitrogens is 2. The number of hydrogen-bond donors (Lipinski definition) is 2. The third-order valence-corrected chi connectivity index (χ3v) is 7.48. The minimum atomic E-state index is -1.25. The van der Waals surface area contributed by atoms with E-state index in [1.807, 2.05) is 4.57 Å². The number of halogens is 3. The average Bonchev–Trinajstić information content (AvgIpc) is 3.16. The highest BCUT2D eigenvalue weighted by molar-refractivity contribution is 6.33. The molecule has 0 aliphatic heterocycles. The summed E-state index contributed by atoms with van der Waals surface area (Å²) in [6, 6.07) is 9.21. The van der Waals surface area contributed by atoms with Crippen LogP contribution in [0.4, 0.5) is 4.39 Å². The SMILES string of the molecule is COCC1(c2c(-c3cnc(C(=O)O)c(Cl)c3)c3c(O)cc(Cl)cc3n2-c2ccc(F)c(OC)c2)CCC1. The first-order valence-corrected chi connectivity index (χ1v) is 12.3. The van der Waals surface area contributed by atoms with Gasteiger partial charge in [-0.15, -0.1) is 0 Å². The maximum atomic E-state index is 14.4. The first kappa shape index (κ1) is 25.3. The van der Waals surface area contributed by atoms with E-state index in [4.69, 9.17) is 32.7 Å². The number of carbonyl (C=O) groups is 1. The van der Waals surface area contributed by atoms with Gasteiger partial charge in [0.1, 0.15) is 5.75 Å². The van der Waals surface area contributed by atoms with Gasteiger partial charge in [-0.3, -0.25) is 0 Å². The standard InChI is InChI=1S/C27H23Cl2FN2O5/c1-36-13-27(6-3-7-27)25-22(14-8-17(29)24(26(34)35)31-12-14)23-19(9-15(28)10-20(23)33)32(25)16-4-5-18(30)21(11-16)37-2/h4-5,8-12,33H,3,6-7,13H2,1-2H3,(H,34,35). The second-order valence-corrected chi connectivity index (χ2v) is 9.97. The molecule has 10 heteroatoms. The van der Waals surface area contributed by atoms with E-state index < -0.39 is 17.2 Å². The van der Waals surface area contributed by atoms with Crippen LogP contribution in [0.15, 0.2) is 42.6 Å². The number of benzene rings is 2. The van der Waals surface area contributed by atoms with Gasteiger partial charge in [0.05, 0.1) is 29.6 Å². The molecular weight excluding hydrogens is 522 g/mol. The lowest BCUT2D eigenvalue weighted by atomic mass is 9.65. The Morgan fingerprint density at radius 3 is 2.54 bits per heavy atom. The number of aromatic carboxylic acids is 1. The Hall–Kier alpha value is -3.33. The largest absolute Gasteiger partial charge is 0.507 e. The van der Waals surface area contributed by atoms with Gasteiger partial charge in [0.25, 0.3) is 0 Å². The van der Waals surface area contributed by atoms with Crippen molar-refractivity contribution in [2.45, 2.75) is 24.7 Å². The summed E-state index contributed by atoms with van der Waals surface area (Å²) in [6.07, 6.45) is 3.98. The fourth-order valence-corrected chi connectivity index (χ4v) is 5.72. The molecule has 37 heavy (non-hydrogen) atoms. The van der Waals surface area contributed by atoms with Gasteiger partial charge >= 0.3 is 5.97 Å². The zero-order valence-electron chi connectivity index (χ0n) is 20.0. The normalized spacial score (nSPS) is 14.5. The van der Waals surface area contributed by atoms with Crippen molar-refractivity contribution in [3.8, 4) is 28.3 Å². The molecule has 0 unspecified atom stereocenters. The number of phenolic OH excluding ortho intramolecular Hbond substituents is 1. The van der Waals surface area contributed by atoms with Crippen LogP contribution in [-0.2, 0) is 10.2 Å². The molecule has 4 aromatic rings. The van der Waals surface area contributed by atoms with Crippen LogP contribution >= 0.6 is 23.2 Å². The topological polar surface area (TPSA) is 93.8 Å². The van der Waals surface area contributed by atoms with Crippen molar-refractivity contribution in [3.05, 3.63) is 69.8 Å². The molecule has 2 N–H and O–H groups in total. The van der Waals surface area contributed by atoms with E-state index in [-0.39, 0.29) is 22.2 Å². The van der Waals surface area contributed by atoms with Crippen molar-refractivity contribution >= 4 is 40.1 Å². The number of nitrogens with zero attached hydrogens (tertiary/aromatic N) is 2. The van der Waals surface area contributed by atoms with Crippen LogP contribution in [0.3, 0.4) is 0 Å². The maximum absolute atomic E-state index is 14.4. The number of rotatable bonds is 7. The van der Waals surface area contributed by atoms with E-state index in [2.05, 4.69) is 4.98 Å². The van der Waals surface area contributed by atoms with Gasteiger partial charge in [-0.1, -0.05) is 29.6 Å². The molecule has 2 aromatic heterocycles. The Morgan fingerprint density at radius 2 is 1.95 bits per heavy atom. The molecule has 2 heterocycles. The number of methoxy groups -OCH3 is 2. The van der Waals surface area contributed by atoms with Crippen LogP contribution in [0.1, 0.15) is 35.4 Å². The molecule has 1 aliphatic rings. The molecule has 7 nitrogen and oxygen atoms in total. The van der Waals surface area contributed by atoms with Gasteiger partial charge in [-0.2, -0.15) is 0 Å². The predicted molar refractivity (Wildman–Crippen MR) is 139 cm³/mol. The summed E-state index contributed by atoms with van der Waals surface area (Å²) in [6.45, 7) is 0.386. The molecule has 2 aromatic carbocycles. The summed E-state index contributed by atoms with van der Waals surface area (Å²) >= 11 is 12.7. The van der Waals surface area contributed by atoms with Crippen molar-refractivity contribution in [1.29, 1.82) is 0 Å². The number of pyridine rings is 1. The highest BCUT2D eigenvalue weighted by Gasteiger charge is 2.45. The Kier molecular flexibility index (Phi) is 6.52. The number of carboxylic acid groups (broad SMARTS) is 1. The first-order valence-electron chi connectivity index (χ1n) is 11.5. The summed E-state index contributed by atoms with van der Waals surface area (Å²) in [5, 5.41) is 21.3. The number of phenols is 1. The van der Waals surface area contributed by atoms with E-state index in [9.17, 15) is 19.4 Å². The van der Waals surface area contributed by atoms with Gasteiger partial charge in [0, 0.05) is 52.3 Å². The lowest BCUT2D eigenvalue weighted by Gasteiger charge is -2.43. The van der Waals surface area contributed by atoms with Crippen molar-refractivity contribution in [3.63, 3.8) is 0 Å². The summed E-state index contributed by atoms with van der Waals surface area (Å²) in [4.78, 5) is 15.6. The summed E-state index contributed by atoms with van der Waals surface area (Å²) < 4.78 is 27.2. The molecule has 0 saturated heterocycles. The van der Waals surface area contributed by atoms with E-state index >= 15 is 0 Å². The molecule has 0 amide bonds. The second kappa shape index (κ2) is 9.52. The number of aromatic hydroxyl groups is 1. The predicted octanol–water partition coefficient (Wildman–Crippen LogP) is 6.62. The van der Waals surface area contributed by atoms with Crippen LogP contribution in [0.2, 0.25) is 10.0 Å². The first-order chi connectivity index (χ1) is 17.7. The van der Waals surface area contributed by atoms with E-state index in [1.165, 1.54) is 31.5 Å². The van der Waals surface area contributed by atoms with Crippen LogP contribution in [0.25, 0.3) is 27.7 Å². The van der Waals surface area contributed by atoms with E-state index in [1.54, 1.807) is 25.3 Å². The quantitative estimate of drug-likeness (QED) is 0.271. The van der Waals surface area contributed by atoms with Crippen molar-refractivity contribution in [2.24, 2.45) is 0 Å². The fraction of sp³-hybridized carbons (Fsp3) is 0.259.